The monoisotopic (exact) mass is 255 g/mol. The van der Waals surface area contributed by atoms with Crippen molar-refractivity contribution in [1.29, 1.82) is 0 Å². The van der Waals surface area contributed by atoms with Gasteiger partial charge in [0.2, 0.25) is 0 Å². The van der Waals surface area contributed by atoms with Gasteiger partial charge in [-0.25, -0.2) is 14.3 Å². The molecule has 0 atom stereocenters. The fourth-order valence-electron chi connectivity index (χ4n) is 2.07. The molecule has 0 saturated heterocycles. The molecule has 0 saturated carbocycles. The third-order valence-electron chi connectivity index (χ3n) is 3.32. The van der Waals surface area contributed by atoms with Crippen LogP contribution >= 0.6 is 0 Å². The lowest BCUT2D eigenvalue weighted by Crippen LogP contribution is -2.27. The van der Waals surface area contributed by atoms with Crippen molar-refractivity contribution in [3.63, 3.8) is 0 Å². The molecule has 2 aromatic heterocycles. The van der Waals surface area contributed by atoms with Crippen LogP contribution in [-0.4, -0.2) is 19.4 Å². The molecule has 0 aliphatic carbocycles. The Kier molecular flexibility index (Phi) is 2.38. The zero-order valence-electron chi connectivity index (χ0n) is 10.7. The van der Waals surface area contributed by atoms with E-state index in [1.807, 2.05) is 32.0 Å². The van der Waals surface area contributed by atoms with E-state index in [0.29, 0.717) is 11.0 Å². The summed E-state index contributed by atoms with van der Waals surface area (Å²) in [6.45, 7) is 4.05. The standard InChI is InChI=1S/C13H13N5O/c1-8-4-3-5-11(9(8)2)18-12-10(6-16-18)13(19)17(14)7-15-12/h3-7H,14H2,1-2H3. The summed E-state index contributed by atoms with van der Waals surface area (Å²) in [6, 6.07) is 5.94. The number of rotatable bonds is 1. The third-order valence-corrected chi connectivity index (χ3v) is 3.32. The van der Waals surface area contributed by atoms with Crippen molar-refractivity contribution in [3.05, 3.63) is 52.2 Å². The fourth-order valence-corrected chi connectivity index (χ4v) is 2.07. The molecule has 2 heterocycles. The number of fused-ring (bicyclic) bond motifs is 1. The highest BCUT2D eigenvalue weighted by atomic mass is 16.1. The van der Waals surface area contributed by atoms with Gasteiger partial charge in [-0.1, -0.05) is 12.1 Å². The van der Waals surface area contributed by atoms with Crippen molar-refractivity contribution in [1.82, 2.24) is 19.4 Å². The van der Waals surface area contributed by atoms with Gasteiger partial charge in [-0.15, -0.1) is 0 Å². The first-order valence-electron chi connectivity index (χ1n) is 5.86. The quantitative estimate of drug-likeness (QED) is 0.656. The van der Waals surface area contributed by atoms with Gasteiger partial charge in [0.05, 0.1) is 11.9 Å². The van der Waals surface area contributed by atoms with Gasteiger partial charge < -0.3 is 5.84 Å². The van der Waals surface area contributed by atoms with Crippen LogP contribution in [0.5, 0.6) is 0 Å². The van der Waals surface area contributed by atoms with Crippen LogP contribution in [0.3, 0.4) is 0 Å². The molecule has 0 bridgehead atoms. The number of nitrogen functional groups attached to an aromatic ring is 1. The second-order valence-corrected chi connectivity index (χ2v) is 4.47. The summed E-state index contributed by atoms with van der Waals surface area (Å²) in [5.41, 5.74) is 3.39. The molecule has 6 heteroatoms. The molecule has 3 aromatic rings. The Balaban J connectivity index is 2.36. The first-order valence-corrected chi connectivity index (χ1v) is 5.86. The molecular weight excluding hydrogens is 242 g/mol. The Morgan fingerprint density at radius 1 is 1.26 bits per heavy atom. The van der Waals surface area contributed by atoms with E-state index in [1.165, 1.54) is 12.5 Å². The minimum atomic E-state index is -0.304. The van der Waals surface area contributed by atoms with E-state index in [-0.39, 0.29) is 5.56 Å². The van der Waals surface area contributed by atoms with Crippen molar-refractivity contribution in [2.75, 3.05) is 5.84 Å². The third kappa shape index (κ3) is 1.61. The maximum absolute atomic E-state index is 11.9. The SMILES string of the molecule is Cc1cccc(-n2ncc3c(=O)n(N)cnc32)c1C. The van der Waals surface area contributed by atoms with E-state index in [0.717, 1.165) is 21.5 Å². The first-order chi connectivity index (χ1) is 9.09. The lowest BCUT2D eigenvalue weighted by Gasteiger charge is -2.09. The maximum atomic E-state index is 11.9. The van der Waals surface area contributed by atoms with E-state index < -0.39 is 0 Å². The molecule has 0 aliphatic rings. The van der Waals surface area contributed by atoms with Gasteiger partial charge in [0.1, 0.15) is 11.7 Å². The highest BCUT2D eigenvalue weighted by molar-refractivity contribution is 5.75. The summed E-state index contributed by atoms with van der Waals surface area (Å²) in [4.78, 5) is 16.1. The fraction of sp³-hybridized carbons (Fsp3) is 0.154. The molecule has 0 aliphatic heterocycles. The Bertz CT molecular complexity index is 831. The summed E-state index contributed by atoms with van der Waals surface area (Å²) >= 11 is 0. The average Bonchev–Trinajstić information content (AvgIpc) is 2.82. The average molecular weight is 255 g/mol. The normalized spacial score (nSPS) is 11.1. The number of aryl methyl sites for hydroxylation is 1. The second-order valence-electron chi connectivity index (χ2n) is 4.47. The Labute approximate surface area is 109 Å². The molecule has 0 unspecified atom stereocenters. The van der Waals surface area contributed by atoms with Gasteiger partial charge in [-0.2, -0.15) is 5.10 Å². The van der Waals surface area contributed by atoms with Gasteiger partial charge in [0.15, 0.2) is 5.65 Å². The number of nitrogens with two attached hydrogens (primary N) is 1. The Morgan fingerprint density at radius 3 is 2.84 bits per heavy atom. The predicted octanol–water partition coefficient (Wildman–Crippen LogP) is 0.913. The number of hydrogen-bond donors (Lipinski definition) is 1. The minimum absolute atomic E-state index is 0.304. The van der Waals surface area contributed by atoms with E-state index >= 15 is 0 Å². The van der Waals surface area contributed by atoms with Crippen LogP contribution in [0.25, 0.3) is 16.7 Å². The summed E-state index contributed by atoms with van der Waals surface area (Å²) in [7, 11) is 0. The number of hydrogen-bond acceptors (Lipinski definition) is 4. The van der Waals surface area contributed by atoms with Crippen molar-refractivity contribution >= 4 is 11.0 Å². The van der Waals surface area contributed by atoms with Crippen LogP contribution in [-0.2, 0) is 0 Å². The van der Waals surface area contributed by atoms with Crippen LogP contribution in [0.4, 0.5) is 0 Å². The van der Waals surface area contributed by atoms with Crippen LogP contribution in [0.1, 0.15) is 11.1 Å². The molecule has 0 fully saturated rings. The van der Waals surface area contributed by atoms with E-state index in [9.17, 15) is 4.79 Å². The summed E-state index contributed by atoms with van der Waals surface area (Å²) < 4.78 is 2.62. The predicted molar refractivity (Wildman–Crippen MR) is 72.7 cm³/mol. The summed E-state index contributed by atoms with van der Waals surface area (Å²) in [6.07, 6.45) is 2.80. The van der Waals surface area contributed by atoms with Crippen molar-refractivity contribution < 1.29 is 0 Å². The van der Waals surface area contributed by atoms with Crippen LogP contribution < -0.4 is 11.4 Å². The molecule has 96 valence electrons. The molecule has 0 amide bonds. The Hall–Kier alpha value is -2.63. The van der Waals surface area contributed by atoms with E-state index in [4.69, 9.17) is 5.84 Å². The highest BCUT2D eigenvalue weighted by Crippen LogP contribution is 2.19. The zero-order valence-corrected chi connectivity index (χ0v) is 10.7. The molecule has 2 N–H and O–H groups in total. The molecule has 0 radical (unpaired) electrons. The second kappa shape index (κ2) is 3.94. The molecule has 3 rings (SSSR count). The highest BCUT2D eigenvalue weighted by Gasteiger charge is 2.12. The van der Waals surface area contributed by atoms with E-state index in [2.05, 4.69) is 10.1 Å². The zero-order chi connectivity index (χ0) is 13.6. The van der Waals surface area contributed by atoms with Crippen LogP contribution in [0.2, 0.25) is 0 Å². The molecule has 0 spiro atoms. The molecule has 6 nitrogen and oxygen atoms in total. The topological polar surface area (TPSA) is 78.7 Å². The minimum Gasteiger partial charge on any atom is -0.335 e. The van der Waals surface area contributed by atoms with Gasteiger partial charge in [-0.05, 0) is 31.0 Å². The summed E-state index contributed by atoms with van der Waals surface area (Å²) in [5, 5.41) is 4.66. The van der Waals surface area contributed by atoms with Gasteiger partial charge in [-0.3, -0.25) is 4.79 Å². The van der Waals surface area contributed by atoms with Crippen molar-refractivity contribution in [2.45, 2.75) is 13.8 Å². The molecule has 1 aromatic carbocycles. The van der Waals surface area contributed by atoms with Crippen LogP contribution in [0.15, 0.2) is 35.5 Å². The number of aromatic nitrogens is 4. The number of nitrogens with zero attached hydrogens (tertiary/aromatic N) is 4. The van der Waals surface area contributed by atoms with Crippen LogP contribution in [0, 0.1) is 13.8 Å². The van der Waals surface area contributed by atoms with Gasteiger partial charge >= 0.3 is 0 Å². The van der Waals surface area contributed by atoms with Gasteiger partial charge in [0.25, 0.3) is 5.56 Å². The van der Waals surface area contributed by atoms with E-state index in [1.54, 1.807) is 4.68 Å². The maximum Gasteiger partial charge on any atom is 0.282 e. The lowest BCUT2D eigenvalue weighted by atomic mass is 10.1. The van der Waals surface area contributed by atoms with Crippen molar-refractivity contribution in [3.8, 4) is 5.69 Å². The largest absolute Gasteiger partial charge is 0.335 e. The Morgan fingerprint density at radius 2 is 2.05 bits per heavy atom. The van der Waals surface area contributed by atoms with Crippen molar-refractivity contribution in [2.24, 2.45) is 0 Å². The first kappa shape index (κ1) is 11.5. The molecule has 19 heavy (non-hydrogen) atoms. The smallest absolute Gasteiger partial charge is 0.282 e. The number of benzene rings is 1. The lowest BCUT2D eigenvalue weighted by molar-refractivity contribution is 0.867. The van der Waals surface area contributed by atoms with Gasteiger partial charge in [0, 0.05) is 0 Å². The summed E-state index contributed by atoms with van der Waals surface area (Å²) in [5.74, 6) is 5.49. The molecular formula is C13H13N5O.